The van der Waals surface area contributed by atoms with Gasteiger partial charge in [0, 0.05) is 22.7 Å². The van der Waals surface area contributed by atoms with Gasteiger partial charge in [0.05, 0.1) is 19.6 Å². The van der Waals surface area contributed by atoms with E-state index < -0.39 is 0 Å². The maximum absolute atomic E-state index is 5.30. The van der Waals surface area contributed by atoms with Gasteiger partial charge >= 0.3 is 0 Å². The topological polar surface area (TPSA) is 56.3 Å². The van der Waals surface area contributed by atoms with Gasteiger partial charge in [-0.2, -0.15) is 0 Å². The van der Waals surface area contributed by atoms with Gasteiger partial charge in [0.1, 0.15) is 28.5 Å². The van der Waals surface area contributed by atoms with E-state index in [1.807, 2.05) is 48.5 Å². The molecule has 4 aromatic rings. The molecule has 2 aromatic heterocycles. The Labute approximate surface area is 155 Å². The molecule has 0 saturated heterocycles. The molecule has 2 aromatic carbocycles. The Morgan fingerprint density at radius 1 is 0.923 bits per heavy atom. The number of ether oxygens (including phenoxy) is 2. The van der Waals surface area contributed by atoms with E-state index in [0.29, 0.717) is 0 Å². The highest BCUT2D eigenvalue weighted by atomic mass is 32.1. The van der Waals surface area contributed by atoms with E-state index in [1.54, 1.807) is 31.9 Å². The summed E-state index contributed by atoms with van der Waals surface area (Å²) in [6, 6.07) is 15.8. The Morgan fingerprint density at radius 3 is 2.50 bits per heavy atom. The summed E-state index contributed by atoms with van der Waals surface area (Å²) in [6.07, 6.45) is 1.58. The van der Waals surface area contributed by atoms with E-state index in [4.69, 9.17) is 9.47 Å². The third kappa shape index (κ3) is 3.07. The lowest BCUT2D eigenvalue weighted by atomic mass is 10.1. The second kappa shape index (κ2) is 7.01. The van der Waals surface area contributed by atoms with Crippen molar-refractivity contribution in [1.29, 1.82) is 0 Å². The average molecular weight is 363 g/mol. The first-order chi connectivity index (χ1) is 12.8. The van der Waals surface area contributed by atoms with Crippen LogP contribution in [0, 0.1) is 0 Å². The molecule has 2 heterocycles. The van der Waals surface area contributed by atoms with Gasteiger partial charge in [0.2, 0.25) is 0 Å². The van der Waals surface area contributed by atoms with Crippen LogP contribution in [0.15, 0.2) is 60.2 Å². The Morgan fingerprint density at radius 2 is 1.73 bits per heavy atom. The molecule has 0 saturated carbocycles. The van der Waals surface area contributed by atoms with Crippen molar-refractivity contribution in [3.05, 3.63) is 60.2 Å². The standard InChI is InChI=1S/C20H17N3O2S/c1-24-15-8-6-13(7-9-15)17-11-26-20-18(17)19(21-12-22-20)23-14-4-3-5-16(10-14)25-2/h3-12H,1-2H3,(H,21,22,23). The van der Waals surface area contributed by atoms with Gasteiger partial charge in [0.25, 0.3) is 0 Å². The second-order valence-corrected chi connectivity index (χ2v) is 6.50. The molecule has 0 aliphatic rings. The Kier molecular flexibility index (Phi) is 4.41. The van der Waals surface area contributed by atoms with Crippen LogP contribution in [0.25, 0.3) is 21.3 Å². The molecule has 0 atom stereocenters. The van der Waals surface area contributed by atoms with Gasteiger partial charge in [-0.05, 0) is 29.8 Å². The number of aromatic nitrogens is 2. The molecule has 0 unspecified atom stereocenters. The molecule has 0 radical (unpaired) electrons. The van der Waals surface area contributed by atoms with Crippen LogP contribution < -0.4 is 14.8 Å². The highest BCUT2D eigenvalue weighted by Crippen LogP contribution is 2.38. The van der Waals surface area contributed by atoms with Crippen LogP contribution in [-0.4, -0.2) is 24.2 Å². The van der Waals surface area contributed by atoms with Crippen LogP contribution in [0.1, 0.15) is 0 Å². The molecule has 130 valence electrons. The molecule has 0 amide bonds. The zero-order valence-corrected chi connectivity index (χ0v) is 15.2. The minimum Gasteiger partial charge on any atom is -0.497 e. The minimum atomic E-state index is 0.773. The predicted octanol–water partition coefficient (Wildman–Crippen LogP) is 5.12. The van der Waals surface area contributed by atoms with Crippen molar-refractivity contribution in [3.63, 3.8) is 0 Å². The first kappa shape index (κ1) is 16.4. The van der Waals surface area contributed by atoms with Crippen LogP contribution >= 0.6 is 11.3 Å². The van der Waals surface area contributed by atoms with E-state index in [-0.39, 0.29) is 0 Å². The fourth-order valence-electron chi connectivity index (χ4n) is 2.79. The number of hydrogen-bond acceptors (Lipinski definition) is 6. The lowest BCUT2D eigenvalue weighted by Crippen LogP contribution is -1.96. The average Bonchev–Trinajstić information content (AvgIpc) is 3.13. The molecule has 5 nitrogen and oxygen atoms in total. The Hall–Kier alpha value is -3.12. The normalized spacial score (nSPS) is 10.7. The molecule has 0 aliphatic heterocycles. The van der Waals surface area contributed by atoms with E-state index in [2.05, 4.69) is 20.7 Å². The monoisotopic (exact) mass is 363 g/mol. The lowest BCUT2D eigenvalue weighted by molar-refractivity contribution is 0.415. The number of fused-ring (bicyclic) bond motifs is 1. The van der Waals surface area contributed by atoms with Crippen LogP contribution in [0.4, 0.5) is 11.5 Å². The van der Waals surface area contributed by atoms with Gasteiger partial charge in [-0.25, -0.2) is 9.97 Å². The number of nitrogens with zero attached hydrogens (tertiary/aromatic N) is 2. The number of anilines is 2. The maximum atomic E-state index is 5.30. The molecule has 6 heteroatoms. The highest BCUT2D eigenvalue weighted by molar-refractivity contribution is 7.17. The van der Waals surface area contributed by atoms with E-state index in [0.717, 1.165) is 44.3 Å². The lowest BCUT2D eigenvalue weighted by Gasteiger charge is -2.10. The van der Waals surface area contributed by atoms with Crippen LogP contribution in [0.3, 0.4) is 0 Å². The first-order valence-electron chi connectivity index (χ1n) is 8.06. The molecule has 1 N–H and O–H groups in total. The summed E-state index contributed by atoms with van der Waals surface area (Å²) < 4.78 is 10.5. The van der Waals surface area contributed by atoms with Crippen LogP contribution in [0.2, 0.25) is 0 Å². The zero-order valence-electron chi connectivity index (χ0n) is 14.4. The quantitative estimate of drug-likeness (QED) is 0.533. The number of benzene rings is 2. The van der Waals surface area contributed by atoms with Crippen molar-refractivity contribution in [2.45, 2.75) is 0 Å². The second-order valence-electron chi connectivity index (χ2n) is 5.64. The number of rotatable bonds is 5. The molecular weight excluding hydrogens is 346 g/mol. The highest BCUT2D eigenvalue weighted by Gasteiger charge is 2.13. The molecule has 26 heavy (non-hydrogen) atoms. The van der Waals surface area contributed by atoms with Crippen molar-refractivity contribution in [3.8, 4) is 22.6 Å². The SMILES string of the molecule is COc1ccc(-c2csc3ncnc(Nc4cccc(OC)c4)c23)cc1. The summed E-state index contributed by atoms with van der Waals surface area (Å²) in [4.78, 5) is 9.82. The predicted molar refractivity (Wildman–Crippen MR) is 106 cm³/mol. The van der Waals surface area contributed by atoms with Crippen LogP contribution in [0.5, 0.6) is 11.5 Å². The van der Waals surface area contributed by atoms with Gasteiger partial charge in [-0.15, -0.1) is 11.3 Å². The summed E-state index contributed by atoms with van der Waals surface area (Å²) in [5.74, 6) is 2.40. The molecule has 0 spiro atoms. The number of nitrogens with one attached hydrogen (secondary N) is 1. The molecule has 0 bridgehead atoms. The maximum Gasteiger partial charge on any atom is 0.143 e. The fourth-order valence-corrected chi connectivity index (χ4v) is 3.71. The smallest absolute Gasteiger partial charge is 0.143 e. The Balaban J connectivity index is 1.78. The fraction of sp³-hybridized carbons (Fsp3) is 0.100. The van der Waals surface area contributed by atoms with Crippen molar-refractivity contribution < 1.29 is 9.47 Å². The minimum absolute atomic E-state index is 0.773. The van der Waals surface area contributed by atoms with Gasteiger partial charge in [-0.1, -0.05) is 18.2 Å². The van der Waals surface area contributed by atoms with E-state index >= 15 is 0 Å². The number of thiophene rings is 1. The summed E-state index contributed by atoms with van der Waals surface area (Å²) in [5.41, 5.74) is 3.11. The largest absolute Gasteiger partial charge is 0.497 e. The van der Waals surface area contributed by atoms with Crippen molar-refractivity contribution >= 4 is 33.1 Å². The number of hydrogen-bond donors (Lipinski definition) is 1. The van der Waals surface area contributed by atoms with E-state index in [9.17, 15) is 0 Å². The molecule has 0 fully saturated rings. The zero-order chi connectivity index (χ0) is 17.9. The van der Waals surface area contributed by atoms with Crippen LogP contribution in [-0.2, 0) is 0 Å². The third-order valence-electron chi connectivity index (χ3n) is 4.10. The third-order valence-corrected chi connectivity index (χ3v) is 4.99. The van der Waals surface area contributed by atoms with Crippen molar-refractivity contribution in [1.82, 2.24) is 9.97 Å². The van der Waals surface area contributed by atoms with Gasteiger partial charge < -0.3 is 14.8 Å². The molecular formula is C20H17N3O2S. The summed E-state index contributed by atoms with van der Waals surface area (Å²) in [7, 11) is 3.32. The first-order valence-corrected chi connectivity index (χ1v) is 8.94. The molecule has 0 aliphatic carbocycles. The Bertz CT molecular complexity index is 1040. The van der Waals surface area contributed by atoms with E-state index in [1.165, 1.54) is 0 Å². The molecule has 4 rings (SSSR count). The van der Waals surface area contributed by atoms with Crippen molar-refractivity contribution in [2.75, 3.05) is 19.5 Å². The number of methoxy groups -OCH3 is 2. The van der Waals surface area contributed by atoms with Crippen molar-refractivity contribution in [2.24, 2.45) is 0 Å². The summed E-state index contributed by atoms with van der Waals surface area (Å²) >= 11 is 1.60. The summed E-state index contributed by atoms with van der Waals surface area (Å²) in [6.45, 7) is 0. The summed E-state index contributed by atoms with van der Waals surface area (Å²) in [5, 5.41) is 6.51. The van der Waals surface area contributed by atoms with Gasteiger partial charge in [-0.3, -0.25) is 0 Å². The van der Waals surface area contributed by atoms with Gasteiger partial charge in [0.15, 0.2) is 0 Å².